The quantitative estimate of drug-likeness (QED) is 0.786. The molecule has 0 bridgehead atoms. The summed E-state index contributed by atoms with van der Waals surface area (Å²) in [5.41, 5.74) is 4.02. The minimum Gasteiger partial charge on any atom is -0.369 e. The van der Waals surface area contributed by atoms with E-state index < -0.39 is 0 Å². The Morgan fingerprint density at radius 1 is 1.17 bits per heavy atom. The van der Waals surface area contributed by atoms with Gasteiger partial charge in [-0.3, -0.25) is 4.79 Å². The van der Waals surface area contributed by atoms with Gasteiger partial charge in [0.15, 0.2) is 0 Å². The number of rotatable bonds is 3. The molecule has 0 saturated carbocycles. The van der Waals surface area contributed by atoms with E-state index in [2.05, 4.69) is 32.2 Å². The van der Waals surface area contributed by atoms with Crippen LogP contribution in [0.25, 0.3) is 4.96 Å². The molecule has 3 aromatic rings. The van der Waals surface area contributed by atoms with Crippen LogP contribution >= 0.6 is 11.3 Å². The van der Waals surface area contributed by atoms with Gasteiger partial charge in [-0.2, -0.15) is 5.10 Å². The maximum atomic E-state index is 12.3. The number of hydrogen-bond acceptors (Lipinski definition) is 6. The van der Waals surface area contributed by atoms with Gasteiger partial charge in [0.2, 0.25) is 4.96 Å². The molecule has 0 spiro atoms. The fourth-order valence-electron chi connectivity index (χ4n) is 2.76. The molecule has 7 nitrogen and oxygen atoms in total. The first-order valence-electron chi connectivity index (χ1n) is 7.83. The normalized spacial score (nSPS) is 15.8. The van der Waals surface area contributed by atoms with Gasteiger partial charge >= 0.3 is 0 Å². The van der Waals surface area contributed by atoms with Crippen molar-refractivity contribution in [3.8, 4) is 0 Å². The largest absolute Gasteiger partial charge is 0.369 e. The molecule has 0 radical (unpaired) electrons. The molecule has 1 aliphatic heterocycles. The lowest BCUT2D eigenvalue weighted by molar-refractivity contribution is 0.102. The van der Waals surface area contributed by atoms with Crippen molar-refractivity contribution in [3.05, 3.63) is 41.7 Å². The molecule has 1 fully saturated rings. The van der Waals surface area contributed by atoms with Crippen LogP contribution in [0.4, 0.5) is 11.4 Å². The summed E-state index contributed by atoms with van der Waals surface area (Å²) < 4.78 is 1.61. The molecule has 1 amide bonds. The van der Waals surface area contributed by atoms with Crippen LogP contribution in [-0.2, 0) is 0 Å². The minimum absolute atomic E-state index is 0.222. The second-order valence-corrected chi connectivity index (χ2v) is 6.70. The van der Waals surface area contributed by atoms with Crippen LogP contribution < -0.4 is 10.2 Å². The molecule has 8 heteroatoms. The van der Waals surface area contributed by atoms with Crippen molar-refractivity contribution >= 4 is 33.6 Å². The van der Waals surface area contributed by atoms with Crippen LogP contribution in [0.15, 0.2) is 36.0 Å². The Hall–Kier alpha value is -2.45. The predicted octanol–water partition coefficient (Wildman–Crippen LogP) is 1.79. The monoisotopic (exact) mass is 342 g/mol. The van der Waals surface area contributed by atoms with Crippen molar-refractivity contribution in [3.63, 3.8) is 0 Å². The van der Waals surface area contributed by atoms with E-state index in [1.165, 1.54) is 17.0 Å². The second kappa shape index (κ2) is 6.21. The fourth-order valence-corrected chi connectivity index (χ4v) is 3.37. The number of fused-ring (bicyclic) bond motifs is 1. The Labute approximate surface area is 143 Å². The van der Waals surface area contributed by atoms with E-state index in [0.717, 1.165) is 31.9 Å². The minimum atomic E-state index is -0.222. The summed E-state index contributed by atoms with van der Waals surface area (Å²) in [7, 11) is 2.14. The van der Waals surface area contributed by atoms with Gasteiger partial charge in [0.05, 0.1) is 6.20 Å². The number of aromatic nitrogens is 3. The number of carbonyl (C=O) groups excluding carboxylic acids is 1. The molecule has 0 unspecified atom stereocenters. The summed E-state index contributed by atoms with van der Waals surface area (Å²) in [6.07, 6.45) is 1.64. The summed E-state index contributed by atoms with van der Waals surface area (Å²) >= 11 is 1.40. The van der Waals surface area contributed by atoms with Crippen molar-refractivity contribution in [2.45, 2.75) is 0 Å². The Morgan fingerprint density at radius 3 is 2.62 bits per heavy atom. The molecular weight excluding hydrogens is 324 g/mol. The molecule has 1 saturated heterocycles. The number of likely N-dealkylation sites (N-methyl/N-ethyl adjacent to an activating group) is 1. The van der Waals surface area contributed by atoms with E-state index in [1.54, 1.807) is 16.2 Å². The van der Waals surface area contributed by atoms with E-state index >= 15 is 0 Å². The van der Waals surface area contributed by atoms with Crippen molar-refractivity contribution in [1.29, 1.82) is 0 Å². The van der Waals surface area contributed by atoms with Crippen molar-refractivity contribution in [2.75, 3.05) is 43.4 Å². The number of nitrogens with zero attached hydrogens (tertiary/aromatic N) is 5. The number of hydrogen-bond donors (Lipinski definition) is 1. The van der Waals surface area contributed by atoms with E-state index in [9.17, 15) is 4.79 Å². The summed E-state index contributed by atoms with van der Waals surface area (Å²) in [6, 6.07) is 7.97. The molecule has 24 heavy (non-hydrogen) atoms. The molecule has 124 valence electrons. The third-order valence-electron chi connectivity index (χ3n) is 4.21. The van der Waals surface area contributed by atoms with Crippen LogP contribution in [0.3, 0.4) is 0 Å². The number of carbonyl (C=O) groups is 1. The molecule has 4 rings (SSSR count). The third kappa shape index (κ3) is 2.98. The highest BCUT2D eigenvalue weighted by Crippen LogP contribution is 2.20. The van der Waals surface area contributed by atoms with E-state index in [4.69, 9.17) is 0 Å². The van der Waals surface area contributed by atoms with Crippen LogP contribution in [0.2, 0.25) is 0 Å². The van der Waals surface area contributed by atoms with Crippen LogP contribution in [0.5, 0.6) is 0 Å². The van der Waals surface area contributed by atoms with Gasteiger partial charge in [0, 0.05) is 37.6 Å². The first-order valence-corrected chi connectivity index (χ1v) is 8.71. The van der Waals surface area contributed by atoms with Crippen molar-refractivity contribution in [2.24, 2.45) is 0 Å². The first-order chi connectivity index (χ1) is 11.7. The van der Waals surface area contributed by atoms with Crippen LogP contribution in [0, 0.1) is 0 Å². The highest BCUT2D eigenvalue weighted by Gasteiger charge is 2.15. The van der Waals surface area contributed by atoms with Gasteiger partial charge in [-0.15, -0.1) is 0 Å². The maximum absolute atomic E-state index is 12.3. The molecule has 1 aromatic carbocycles. The Morgan fingerprint density at radius 2 is 1.92 bits per heavy atom. The highest BCUT2D eigenvalue weighted by atomic mass is 32.1. The molecule has 0 aliphatic carbocycles. The Bertz CT molecular complexity index is 818. The SMILES string of the molecule is CN1CCN(c2ccc(NC(=O)c3cn4ncsc4n3)cc2)CC1. The highest BCUT2D eigenvalue weighted by molar-refractivity contribution is 7.14. The second-order valence-electron chi connectivity index (χ2n) is 5.88. The third-order valence-corrected chi connectivity index (χ3v) is 4.90. The van der Waals surface area contributed by atoms with Gasteiger partial charge in [-0.1, -0.05) is 11.3 Å². The number of anilines is 2. The van der Waals surface area contributed by atoms with Gasteiger partial charge in [0.25, 0.3) is 5.91 Å². The lowest BCUT2D eigenvalue weighted by atomic mass is 10.2. The fraction of sp³-hybridized carbons (Fsp3) is 0.312. The van der Waals surface area contributed by atoms with Gasteiger partial charge < -0.3 is 15.1 Å². The lowest BCUT2D eigenvalue weighted by Gasteiger charge is -2.34. The summed E-state index contributed by atoms with van der Waals surface area (Å²) in [5.74, 6) is -0.222. The predicted molar refractivity (Wildman–Crippen MR) is 95.0 cm³/mol. The average molecular weight is 342 g/mol. The topological polar surface area (TPSA) is 65.8 Å². The van der Waals surface area contributed by atoms with E-state index in [0.29, 0.717) is 10.7 Å². The summed E-state index contributed by atoms with van der Waals surface area (Å²) in [4.78, 5) is 21.9. The smallest absolute Gasteiger partial charge is 0.275 e. The number of amides is 1. The molecule has 3 heterocycles. The van der Waals surface area contributed by atoms with E-state index in [1.807, 2.05) is 24.3 Å². The number of piperazine rings is 1. The van der Waals surface area contributed by atoms with Crippen molar-refractivity contribution in [1.82, 2.24) is 19.5 Å². The van der Waals surface area contributed by atoms with E-state index in [-0.39, 0.29) is 5.91 Å². The molecule has 0 atom stereocenters. The molecule has 2 aromatic heterocycles. The zero-order chi connectivity index (χ0) is 16.5. The Kier molecular flexibility index (Phi) is 3.91. The summed E-state index contributed by atoms with van der Waals surface area (Å²) in [6.45, 7) is 4.20. The first kappa shape index (κ1) is 15.1. The zero-order valence-corrected chi connectivity index (χ0v) is 14.2. The van der Waals surface area contributed by atoms with Gasteiger partial charge in [0.1, 0.15) is 11.2 Å². The van der Waals surface area contributed by atoms with Crippen molar-refractivity contribution < 1.29 is 4.79 Å². The molecular formula is C16H18N6OS. The number of imidazole rings is 1. The molecule has 1 aliphatic rings. The van der Waals surface area contributed by atoms with Crippen LogP contribution in [0.1, 0.15) is 10.5 Å². The lowest BCUT2D eigenvalue weighted by Crippen LogP contribution is -2.44. The zero-order valence-electron chi connectivity index (χ0n) is 13.3. The van der Waals surface area contributed by atoms with Gasteiger partial charge in [-0.25, -0.2) is 9.50 Å². The number of benzene rings is 1. The number of nitrogens with one attached hydrogen (secondary N) is 1. The molecule has 1 N–H and O–H groups in total. The van der Waals surface area contributed by atoms with Crippen LogP contribution in [-0.4, -0.2) is 58.6 Å². The maximum Gasteiger partial charge on any atom is 0.275 e. The summed E-state index contributed by atoms with van der Waals surface area (Å²) in [5, 5.41) is 6.96. The standard InChI is InChI=1S/C16H18N6OS/c1-20-6-8-21(9-7-20)13-4-2-12(3-5-13)18-15(23)14-10-22-16(19-14)24-11-17-22/h2-5,10-11H,6-9H2,1H3,(H,18,23). The van der Waals surface area contributed by atoms with Gasteiger partial charge in [-0.05, 0) is 31.3 Å². The average Bonchev–Trinajstić information content (AvgIpc) is 3.18. The Balaban J connectivity index is 1.43.